The van der Waals surface area contributed by atoms with E-state index in [1.807, 2.05) is 67.5 Å². The van der Waals surface area contributed by atoms with Crippen molar-refractivity contribution < 1.29 is 157 Å². The minimum absolute atomic E-state index is 0. The fourth-order valence-corrected chi connectivity index (χ4v) is 5.52. The number of carbonyl (C=O) groups is 3. The molecule has 2 unspecified atom stereocenters. The number of benzene rings is 2. The summed E-state index contributed by atoms with van der Waals surface area (Å²) in [7, 11) is 2.93. The van der Waals surface area contributed by atoms with E-state index in [1.54, 1.807) is 48.5 Å². The molecule has 0 saturated carbocycles. The Kier molecular flexibility index (Phi) is 23.1. The zero-order valence-electron chi connectivity index (χ0n) is 34.9. The van der Waals surface area contributed by atoms with Crippen molar-refractivity contribution in [1.82, 2.24) is 19.6 Å². The smallest absolute Gasteiger partial charge is 0.652 e. The molecular weight excluding hydrogens is 807 g/mol. The second-order valence-corrected chi connectivity index (χ2v) is 14.1. The van der Waals surface area contributed by atoms with Crippen LogP contribution in [0.4, 0.5) is 4.79 Å². The third-order valence-corrected chi connectivity index (χ3v) is 7.92. The normalized spacial score (nSPS) is 11.4. The Balaban J connectivity index is 0.000000994. The number of nitriles is 2. The van der Waals surface area contributed by atoms with E-state index in [9.17, 15) is 19.8 Å². The van der Waals surface area contributed by atoms with Crippen molar-refractivity contribution in [1.29, 1.82) is 10.5 Å². The number of hydrogen-bond acceptors (Lipinski definition) is 13. The average Bonchev–Trinajstić information content (AvgIpc) is 3.63. The standard InChI is InChI=1S/2C19H23N3O4.CH2O3.2K/c2*1-6-14-15(26-13-9-7-12(11-20)8-10-13)17(25-5)21-22(14)16(18(23)24)19(2,3)4;2-1(3)4;;/h2*7-10,16H,6H2,1-5H3,(H,23,24);(H2,2,3,4);;/q;;;2*+1/p-2. The molecule has 0 aliphatic rings. The molecule has 2 aromatic carbocycles. The van der Waals surface area contributed by atoms with Gasteiger partial charge in [-0.15, -0.1) is 10.2 Å². The number of rotatable bonds is 12. The minimum atomic E-state index is -2.33. The number of hydrogen-bond donors (Lipinski definition) is 2. The van der Waals surface area contributed by atoms with Crippen LogP contribution >= 0.6 is 0 Å². The van der Waals surface area contributed by atoms with Crippen LogP contribution in [0.2, 0.25) is 0 Å². The monoisotopic (exact) mass is 852 g/mol. The first-order valence-corrected chi connectivity index (χ1v) is 17.2. The third-order valence-electron chi connectivity index (χ3n) is 7.92. The molecule has 0 aliphatic carbocycles. The van der Waals surface area contributed by atoms with E-state index in [0.717, 1.165) is 0 Å². The average molecular weight is 853 g/mol. The third kappa shape index (κ3) is 15.0. The Bertz CT molecular complexity index is 1910. The topological polar surface area (TPSA) is 258 Å². The fourth-order valence-electron chi connectivity index (χ4n) is 5.52. The van der Waals surface area contributed by atoms with Crippen molar-refractivity contribution in [2.75, 3.05) is 14.2 Å². The molecule has 2 atom stereocenters. The van der Waals surface area contributed by atoms with Crippen LogP contribution in [-0.2, 0) is 22.4 Å². The van der Waals surface area contributed by atoms with Gasteiger partial charge in [0.1, 0.15) is 11.5 Å². The molecule has 2 N–H and O–H groups in total. The summed E-state index contributed by atoms with van der Waals surface area (Å²) >= 11 is 0. The Labute approximate surface area is 422 Å². The predicted octanol–water partition coefficient (Wildman–Crippen LogP) is -0.859. The van der Waals surface area contributed by atoms with Gasteiger partial charge < -0.3 is 44.2 Å². The number of methoxy groups -OCH3 is 2. The molecule has 0 amide bonds. The Morgan fingerprint density at radius 1 is 0.672 bits per heavy atom. The first-order valence-electron chi connectivity index (χ1n) is 17.2. The Morgan fingerprint density at radius 3 is 1.14 bits per heavy atom. The van der Waals surface area contributed by atoms with E-state index >= 15 is 0 Å². The molecule has 4 aromatic rings. The van der Waals surface area contributed by atoms with Crippen LogP contribution in [0.3, 0.4) is 0 Å². The number of carboxylic acids is 2. The quantitative estimate of drug-likeness (QED) is 0.165. The molecule has 0 fully saturated rings. The summed E-state index contributed by atoms with van der Waals surface area (Å²) in [5, 5.41) is 62.6. The summed E-state index contributed by atoms with van der Waals surface area (Å²) < 4.78 is 25.5. The minimum Gasteiger partial charge on any atom is -0.652 e. The molecule has 0 radical (unpaired) electrons. The number of nitrogens with zero attached hydrogens (tertiary/aromatic N) is 6. The molecule has 2 aromatic heterocycles. The summed E-state index contributed by atoms with van der Waals surface area (Å²) in [6.45, 7) is 14.9. The maximum absolute atomic E-state index is 11.9. The number of aliphatic carboxylic acids is 2. The van der Waals surface area contributed by atoms with Crippen LogP contribution < -0.4 is 132 Å². The van der Waals surface area contributed by atoms with Crippen molar-refractivity contribution >= 4 is 18.1 Å². The molecule has 0 aliphatic heterocycles. The first-order chi connectivity index (χ1) is 26.2. The van der Waals surface area contributed by atoms with Crippen molar-refractivity contribution in [3.63, 3.8) is 0 Å². The van der Waals surface area contributed by atoms with Crippen molar-refractivity contribution in [2.45, 2.75) is 80.3 Å². The zero-order chi connectivity index (χ0) is 42.5. The summed E-state index contributed by atoms with van der Waals surface area (Å²) in [6.07, 6.45) is -1.30. The van der Waals surface area contributed by atoms with Gasteiger partial charge in [0.2, 0.25) is 11.5 Å². The van der Waals surface area contributed by atoms with E-state index in [-0.39, 0.29) is 115 Å². The SMILES string of the molecule is CCc1c(Oc2ccc(C#N)cc2)c(OC)nn1C(C(=O)O)C(C)(C)C.CCc1c(Oc2ccc(C#N)cc2)c(OC)nn1C(C(=O)O)C(C)(C)C.O=C([O-])[O-].[K+].[K+]. The van der Waals surface area contributed by atoms with Crippen LogP contribution in [0, 0.1) is 33.5 Å². The van der Waals surface area contributed by atoms with Crippen molar-refractivity contribution in [3.05, 3.63) is 71.0 Å². The molecule has 300 valence electrons. The molecule has 2 heterocycles. The van der Waals surface area contributed by atoms with Gasteiger partial charge in [-0.2, -0.15) is 10.5 Å². The second kappa shape index (κ2) is 24.6. The van der Waals surface area contributed by atoms with Gasteiger partial charge in [-0.3, -0.25) is 0 Å². The second-order valence-electron chi connectivity index (χ2n) is 14.1. The molecule has 0 bridgehead atoms. The molecule has 4 rings (SSSR count). The molecular formula is C39H46K2N6O11. The fraction of sp³-hybridized carbons (Fsp3) is 0.410. The van der Waals surface area contributed by atoms with Gasteiger partial charge >= 0.3 is 115 Å². The number of ether oxygens (including phenoxy) is 4. The van der Waals surface area contributed by atoms with Crippen LogP contribution in [0.15, 0.2) is 48.5 Å². The van der Waals surface area contributed by atoms with Crippen LogP contribution in [0.1, 0.15) is 90.0 Å². The van der Waals surface area contributed by atoms with E-state index in [0.29, 0.717) is 58.4 Å². The van der Waals surface area contributed by atoms with Crippen molar-refractivity contribution in [3.8, 4) is 46.9 Å². The number of carbonyl (C=O) groups excluding carboxylic acids is 1. The van der Waals surface area contributed by atoms with Gasteiger partial charge in [0.15, 0.2) is 12.1 Å². The number of carboxylic acid groups (broad SMARTS) is 4. The molecule has 0 spiro atoms. The van der Waals surface area contributed by atoms with Crippen molar-refractivity contribution in [2.24, 2.45) is 10.8 Å². The molecule has 0 saturated heterocycles. The molecule has 58 heavy (non-hydrogen) atoms. The van der Waals surface area contributed by atoms with Gasteiger partial charge in [-0.1, -0.05) is 55.4 Å². The van der Waals surface area contributed by atoms with Gasteiger partial charge in [0.05, 0.1) is 48.9 Å². The summed E-state index contributed by atoms with van der Waals surface area (Å²) in [5.74, 6) is 0.303. The van der Waals surface area contributed by atoms with Gasteiger partial charge in [-0.05, 0) is 78.4 Å². The van der Waals surface area contributed by atoms with E-state index < -0.39 is 41.0 Å². The van der Waals surface area contributed by atoms with Gasteiger partial charge in [-0.25, -0.2) is 19.0 Å². The first kappa shape index (κ1) is 54.5. The summed E-state index contributed by atoms with van der Waals surface area (Å²) in [4.78, 5) is 32.1. The van der Waals surface area contributed by atoms with Gasteiger partial charge in [0.25, 0.3) is 11.8 Å². The molecule has 19 heteroatoms. The van der Waals surface area contributed by atoms with Crippen LogP contribution in [0.25, 0.3) is 0 Å². The molecule has 17 nitrogen and oxygen atoms in total. The van der Waals surface area contributed by atoms with E-state index in [4.69, 9.17) is 44.5 Å². The summed E-state index contributed by atoms with van der Waals surface area (Å²) in [6, 6.07) is 15.6. The zero-order valence-corrected chi connectivity index (χ0v) is 41.2. The largest absolute Gasteiger partial charge is 1.00 e. The van der Waals surface area contributed by atoms with Crippen LogP contribution in [0.5, 0.6) is 34.8 Å². The van der Waals surface area contributed by atoms with Crippen LogP contribution in [-0.4, -0.2) is 62.1 Å². The maximum atomic E-state index is 11.9. The predicted molar refractivity (Wildman–Crippen MR) is 196 cm³/mol. The summed E-state index contributed by atoms with van der Waals surface area (Å²) in [5.41, 5.74) is 1.20. The maximum Gasteiger partial charge on any atom is 1.00 e. The van der Waals surface area contributed by atoms with Gasteiger partial charge in [0, 0.05) is 0 Å². The number of aromatic nitrogens is 4. The van der Waals surface area contributed by atoms with E-state index in [2.05, 4.69) is 10.2 Å². The van der Waals surface area contributed by atoms with E-state index in [1.165, 1.54) is 23.6 Å². The Hall–Kier alpha value is -3.48. The Morgan fingerprint density at radius 2 is 0.948 bits per heavy atom.